The first-order valence-corrected chi connectivity index (χ1v) is 6.90. The molecule has 1 aromatic rings. The summed E-state index contributed by atoms with van der Waals surface area (Å²) in [6.45, 7) is 5.79. The number of halogens is 1. The van der Waals surface area contributed by atoms with Gasteiger partial charge in [-0.25, -0.2) is 9.18 Å². The molecule has 0 aromatic carbocycles. The minimum Gasteiger partial charge on any atom is -0.444 e. The van der Waals surface area contributed by atoms with Crippen molar-refractivity contribution < 1.29 is 13.9 Å². The molecule has 0 bridgehead atoms. The molecule has 1 aromatic heterocycles. The smallest absolute Gasteiger partial charge is 0.407 e. The highest BCUT2D eigenvalue weighted by molar-refractivity contribution is 5.67. The van der Waals surface area contributed by atoms with Gasteiger partial charge in [0.1, 0.15) is 11.4 Å². The van der Waals surface area contributed by atoms with E-state index in [1.807, 2.05) is 20.8 Å². The van der Waals surface area contributed by atoms with Crippen molar-refractivity contribution in [2.45, 2.75) is 51.0 Å². The predicted octanol–water partition coefficient (Wildman–Crippen LogP) is 3.17. The molecule has 0 aliphatic heterocycles. The molecule has 1 fully saturated rings. The number of alkyl carbamates (subject to hydrolysis) is 1. The van der Waals surface area contributed by atoms with Crippen LogP contribution in [0.1, 0.15) is 45.7 Å². The van der Waals surface area contributed by atoms with Gasteiger partial charge in [0.15, 0.2) is 0 Å². The number of aromatic nitrogens is 1. The molecule has 4 nitrogen and oxygen atoms in total. The first-order chi connectivity index (χ1) is 9.32. The molecule has 2 rings (SSSR count). The Morgan fingerprint density at radius 1 is 1.50 bits per heavy atom. The van der Waals surface area contributed by atoms with Gasteiger partial charge >= 0.3 is 6.09 Å². The van der Waals surface area contributed by atoms with Crippen LogP contribution >= 0.6 is 0 Å². The maximum atomic E-state index is 13.9. The third-order valence-electron chi connectivity index (χ3n) is 3.54. The topological polar surface area (TPSA) is 51.2 Å². The van der Waals surface area contributed by atoms with Crippen molar-refractivity contribution in [3.63, 3.8) is 0 Å². The first-order valence-electron chi connectivity index (χ1n) is 6.90. The third-order valence-corrected chi connectivity index (χ3v) is 3.54. The summed E-state index contributed by atoms with van der Waals surface area (Å²) in [5.41, 5.74) is -0.475. The van der Waals surface area contributed by atoms with Gasteiger partial charge < -0.3 is 10.1 Å². The lowest BCUT2D eigenvalue weighted by atomic mass is 9.66. The number of carbonyl (C=O) groups excluding carboxylic acids is 1. The van der Waals surface area contributed by atoms with Gasteiger partial charge in [0, 0.05) is 18.2 Å². The lowest BCUT2D eigenvalue weighted by Gasteiger charge is -2.41. The van der Waals surface area contributed by atoms with Gasteiger partial charge in [0.05, 0.1) is 5.69 Å². The molecule has 1 heterocycles. The van der Waals surface area contributed by atoms with Crippen molar-refractivity contribution in [1.82, 2.24) is 10.3 Å². The molecular formula is C15H21FN2O2. The van der Waals surface area contributed by atoms with Crippen molar-refractivity contribution in [1.29, 1.82) is 0 Å². The summed E-state index contributed by atoms with van der Waals surface area (Å²) >= 11 is 0. The van der Waals surface area contributed by atoms with Crippen LogP contribution in [0.4, 0.5) is 9.18 Å². The maximum Gasteiger partial charge on any atom is 0.407 e. The van der Waals surface area contributed by atoms with Crippen molar-refractivity contribution in [3.05, 3.63) is 29.8 Å². The second-order valence-corrected chi connectivity index (χ2v) is 6.32. The summed E-state index contributed by atoms with van der Waals surface area (Å²) in [5.74, 6) is -0.307. The molecule has 0 unspecified atom stereocenters. The predicted molar refractivity (Wildman–Crippen MR) is 74.0 cm³/mol. The maximum absolute atomic E-state index is 13.9. The van der Waals surface area contributed by atoms with Gasteiger partial charge in [-0.2, -0.15) is 0 Å². The van der Waals surface area contributed by atoms with E-state index in [4.69, 9.17) is 4.74 Å². The Hall–Kier alpha value is -1.65. The van der Waals surface area contributed by atoms with E-state index in [9.17, 15) is 9.18 Å². The fourth-order valence-corrected chi connectivity index (χ4v) is 2.43. The second-order valence-electron chi connectivity index (χ2n) is 6.32. The molecule has 0 spiro atoms. The summed E-state index contributed by atoms with van der Waals surface area (Å²) in [6.07, 6.45) is 3.80. The van der Waals surface area contributed by atoms with Gasteiger partial charge in [-0.1, -0.05) is 6.42 Å². The minimum atomic E-state index is -0.535. The Balaban J connectivity index is 2.03. The number of hydrogen-bond donors (Lipinski definition) is 1. The fourth-order valence-electron chi connectivity index (χ4n) is 2.43. The van der Waals surface area contributed by atoms with E-state index in [2.05, 4.69) is 10.3 Å². The van der Waals surface area contributed by atoms with Crippen molar-refractivity contribution in [2.24, 2.45) is 0 Å². The van der Waals surface area contributed by atoms with Crippen LogP contribution in [0.25, 0.3) is 0 Å². The summed E-state index contributed by atoms with van der Waals surface area (Å²) in [4.78, 5) is 15.9. The van der Waals surface area contributed by atoms with Crippen LogP contribution in [-0.2, 0) is 10.2 Å². The Morgan fingerprint density at radius 2 is 2.20 bits per heavy atom. The zero-order valence-electron chi connectivity index (χ0n) is 12.2. The van der Waals surface area contributed by atoms with E-state index < -0.39 is 11.7 Å². The third kappa shape index (κ3) is 3.26. The first kappa shape index (κ1) is 14.8. The Kier molecular flexibility index (Phi) is 3.97. The molecule has 0 radical (unpaired) electrons. The van der Waals surface area contributed by atoms with Crippen molar-refractivity contribution in [2.75, 3.05) is 6.54 Å². The van der Waals surface area contributed by atoms with Crippen LogP contribution in [0, 0.1) is 5.82 Å². The lowest BCUT2D eigenvalue weighted by Crippen LogP contribution is -2.47. The Bertz CT molecular complexity index is 493. The monoisotopic (exact) mass is 280 g/mol. The van der Waals surface area contributed by atoms with Crippen molar-refractivity contribution in [3.8, 4) is 0 Å². The van der Waals surface area contributed by atoms with E-state index in [1.54, 1.807) is 12.3 Å². The highest BCUT2D eigenvalue weighted by Gasteiger charge is 2.42. The van der Waals surface area contributed by atoms with Gasteiger partial charge in [-0.05, 0) is 45.7 Å². The number of nitrogens with zero attached hydrogens (tertiary/aromatic N) is 1. The van der Waals surface area contributed by atoms with Crippen molar-refractivity contribution >= 4 is 6.09 Å². The average molecular weight is 280 g/mol. The number of hydrogen-bond acceptors (Lipinski definition) is 3. The van der Waals surface area contributed by atoms with Gasteiger partial charge in [-0.15, -0.1) is 0 Å². The minimum absolute atomic E-state index is 0.307. The van der Waals surface area contributed by atoms with Gasteiger partial charge in [0.2, 0.25) is 0 Å². The van der Waals surface area contributed by atoms with Crippen LogP contribution in [-0.4, -0.2) is 23.2 Å². The van der Waals surface area contributed by atoms with E-state index in [0.29, 0.717) is 12.2 Å². The van der Waals surface area contributed by atoms with E-state index in [-0.39, 0.29) is 11.2 Å². The molecule has 5 heteroatoms. The van der Waals surface area contributed by atoms with Crippen LogP contribution in [0.3, 0.4) is 0 Å². The number of carbonyl (C=O) groups is 1. The van der Waals surface area contributed by atoms with E-state index in [0.717, 1.165) is 19.3 Å². The molecular weight excluding hydrogens is 259 g/mol. The summed E-state index contributed by atoms with van der Waals surface area (Å²) < 4.78 is 19.1. The Morgan fingerprint density at radius 3 is 2.70 bits per heavy atom. The molecule has 0 atom stereocenters. The lowest BCUT2D eigenvalue weighted by molar-refractivity contribution is 0.0496. The largest absolute Gasteiger partial charge is 0.444 e. The van der Waals surface area contributed by atoms with Crippen LogP contribution in [0.2, 0.25) is 0 Å². The summed E-state index contributed by atoms with van der Waals surface area (Å²) in [6, 6.07) is 2.99. The normalized spacial score (nSPS) is 17.2. The van der Waals surface area contributed by atoms with Crippen LogP contribution in [0.5, 0.6) is 0 Å². The van der Waals surface area contributed by atoms with E-state index >= 15 is 0 Å². The molecule has 0 saturated heterocycles. The molecule has 1 N–H and O–H groups in total. The molecule has 1 saturated carbocycles. The second kappa shape index (κ2) is 5.38. The molecule has 1 aliphatic carbocycles. The number of ether oxygens (including phenoxy) is 1. The highest BCUT2D eigenvalue weighted by Crippen LogP contribution is 2.43. The molecule has 20 heavy (non-hydrogen) atoms. The zero-order valence-corrected chi connectivity index (χ0v) is 12.2. The molecule has 110 valence electrons. The number of pyridine rings is 1. The zero-order chi connectivity index (χ0) is 14.8. The number of amides is 1. The summed E-state index contributed by atoms with van der Waals surface area (Å²) in [5, 5.41) is 2.74. The van der Waals surface area contributed by atoms with Crippen LogP contribution in [0.15, 0.2) is 18.3 Å². The standard InChI is InChI=1S/C15H21FN2O2/c1-14(2,3)20-13(19)18-10-15(7-5-8-15)12-11(16)6-4-9-17-12/h4,6,9H,5,7-8,10H2,1-3H3,(H,18,19). The summed E-state index contributed by atoms with van der Waals surface area (Å²) in [7, 11) is 0. The highest BCUT2D eigenvalue weighted by atomic mass is 19.1. The van der Waals surface area contributed by atoms with Gasteiger partial charge in [0.25, 0.3) is 0 Å². The van der Waals surface area contributed by atoms with Crippen LogP contribution < -0.4 is 5.32 Å². The SMILES string of the molecule is CC(C)(C)OC(=O)NCC1(c2ncccc2F)CCC1. The number of nitrogens with one attached hydrogen (secondary N) is 1. The average Bonchev–Trinajstić information content (AvgIpc) is 2.27. The number of rotatable bonds is 3. The quantitative estimate of drug-likeness (QED) is 0.925. The van der Waals surface area contributed by atoms with Gasteiger partial charge in [-0.3, -0.25) is 4.98 Å². The fraction of sp³-hybridized carbons (Fsp3) is 0.600. The van der Waals surface area contributed by atoms with E-state index in [1.165, 1.54) is 6.07 Å². The molecule has 1 amide bonds. The Labute approximate surface area is 118 Å². The molecule has 1 aliphatic rings.